The van der Waals surface area contributed by atoms with Crippen molar-refractivity contribution in [1.82, 2.24) is 14.9 Å². The van der Waals surface area contributed by atoms with Crippen LogP contribution in [0.2, 0.25) is 0 Å². The highest BCUT2D eigenvalue weighted by molar-refractivity contribution is 5.21. The molecule has 0 saturated carbocycles. The van der Waals surface area contributed by atoms with Gasteiger partial charge in [-0.05, 0) is 24.4 Å². The molecule has 0 aliphatic heterocycles. The first kappa shape index (κ1) is 14.8. The maximum Gasteiger partial charge on any atom is 0.109 e. The highest BCUT2D eigenvalue weighted by Crippen LogP contribution is 2.21. The lowest BCUT2D eigenvalue weighted by Gasteiger charge is -2.25. The van der Waals surface area contributed by atoms with Crippen molar-refractivity contribution in [3.63, 3.8) is 0 Å². The Morgan fingerprint density at radius 1 is 1.25 bits per heavy atom. The first-order chi connectivity index (χ1) is 9.72. The largest absolute Gasteiger partial charge is 0.338 e. The van der Waals surface area contributed by atoms with Crippen LogP contribution in [0.5, 0.6) is 0 Å². The zero-order chi connectivity index (χ0) is 14.4. The molecule has 2 rings (SSSR count). The van der Waals surface area contributed by atoms with Crippen LogP contribution in [0.15, 0.2) is 42.7 Å². The van der Waals surface area contributed by atoms with Gasteiger partial charge in [-0.15, -0.1) is 0 Å². The molecule has 2 unspecified atom stereocenters. The summed E-state index contributed by atoms with van der Waals surface area (Å²) < 4.78 is 2.11. The fraction of sp³-hybridized carbons (Fsp3) is 0.471. The number of hydrogen-bond acceptors (Lipinski definition) is 2. The summed E-state index contributed by atoms with van der Waals surface area (Å²) in [6.07, 6.45) is 6.00. The van der Waals surface area contributed by atoms with E-state index in [1.165, 1.54) is 5.56 Å². The van der Waals surface area contributed by atoms with Gasteiger partial charge in [0.05, 0.1) is 0 Å². The summed E-state index contributed by atoms with van der Waals surface area (Å²) in [5, 5.41) is 3.68. The lowest BCUT2D eigenvalue weighted by atomic mass is 9.91. The Balaban J connectivity index is 2.12. The quantitative estimate of drug-likeness (QED) is 0.838. The maximum atomic E-state index is 4.46. The van der Waals surface area contributed by atoms with Crippen molar-refractivity contribution >= 4 is 0 Å². The monoisotopic (exact) mass is 271 g/mol. The average Bonchev–Trinajstić information content (AvgIpc) is 2.89. The van der Waals surface area contributed by atoms with Crippen LogP contribution in [-0.4, -0.2) is 22.1 Å². The Morgan fingerprint density at radius 3 is 2.60 bits per heavy atom. The van der Waals surface area contributed by atoms with E-state index < -0.39 is 0 Å². The Morgan fingerprint density at radius 2 is 2.00 bits per heavy atom. The molecule has 20 heavy (non-hydrogen) atoms. The zero-order valence-electron chi connectivity index (χ0n) is 12.7. The smallest absolute Gasteiger partial charge is 0.109 e. The molecule has 0 aliphatic rings. The van der Waals surface area contributed by atoms with Crippen LogP contribution < -0.4 is 5.32 Å². The van der Waals surface area contributed by atoms with E-state index in [1.807, 2.05) is 12.4 Å². The van der Waals surface area contributed by atoms with Crippen LogP contribution in [0.25, 0.3) is 0 Å². The van der Waals surface area contributed by atoms with Crippen molar-refractivity contribution in [3.05, 3.63) is 54.1 Å². The molecule has 0 spiro atoms. The Bertz CT molecular complexity index is 504. The molecular formula is C17H25N3. The molecule has 0 aliphatic carbocycles. The molecule has 2 aromatic rings. The standard InChI is InChI=1S/C17H25N3/c1-4-10-18-16(13-17-19-11-12-20(17)3)14(2)15-8-6-5-7-9-15/h5-9,11-12,14,16,18H,4,10,13H2,1-3H3. The van der Waals surface area contributed by atoms with Crippen molar-refractivity contribution in [1.29, 1.82) is 0 Å². The molecule has 2 atom stereocenters. The van der Waals surface area contributed by atoms with Gasteiger partial charge in [0.1, 0.15) is 5.82 Å². The van der Waals surface area contributed by atoms with Crippen LogP contribution in [-0.2, 0) is 13.5 Å². The van der Waals surface area contributed by atoms with Gasteiger partial charge in [0.15, 0.2) is 0 Å². The van der Waals surface area contributed by atoms with E-state index >= 15 is 0 Å². The number of nitrogens with zero attached hydrogens (tertiary/aromatic N) is 2. The summed E-state index contributed by atoms with van der Waals surface area (Å²) >= 11 is 0. The normalized spacial score (nSPS) is 14.2. The second kappa shape index (κ2) is 7.25. The molecule has 0 radical (unpaired) electrons. The molecule has 1 heterocycles. The molecule has 0 amide bonds. The molecule has 1 aromatic carbocycles. The van der Waals surface area contributed by atoms with Crippen molar-refractivity contribution in [2.75, 3.05) is 6.54 Å². The van der Waals surface area contributed by atoms with Crippen LogP contribution in [0.4, 0.5) is 0 Å². The number of aromatic nitrogens is 2. The zero-order valence-corrected chi connectivity index (χ0v) is 12.7. The van der Waals surface area contributed by atoms with Crippen molar-refractivity contribution < 1.29 is 0 Å². The highest BCUT2D eigenvalue weighted by Gasteiger charge is 2.20. The van der Waals surface area contributed by atoms with Crippen molar-refractivity contribution in [2.24, 2.45) is 7.05 Å². The number of aryl methyl sites for hydroxylation is 1. The third kappa shape index (κ3) is 3.70. The molecule has 108 valence electrons. The van der Waals surface area contributed by atoms with E-state index in [4.69, 9.17) is 0 Å². The molecule has 1 aromatic heterocycles. The fourth-order valence-corrected chi connectivity index (χ4v) is 2.53. The lowest BCUT2D eigenvalue weighted by molar-refractivity contribution is 0.436. The summed E-state index contributed by atoms with van der Waals surface area (Å²) in [6.45, 7) is 5.55. The predicted octanol–water partition coefficient (Wildman–Crippen LogP) is 3.13. The predicted molar refractivity (Wildman–Crippen MR) is 83.9 cm³/mol. The van der Waals surface area contributed by atoms with Gasteiger partial charge in [0.2, 0.25) is 0 Å². The van der Waals surface area contributed by atoms with E-state index in [-0.39, 0.29) is 0 Å². The molecule has 0 saturated heterocycles. The molecule has 3 heteroatoms. The SMILES string of the molecule is CCCNC(Cc1nccn1C)C(C)c1ccccc1. The Hall–Kier alpha value is -1.61. The highest BCUT2D eigenvalue weighted by atomic mass is 15.0. The minimum Gasteiger partial charge on any atom is -0.338 e. The summed E-state index contributed by atoms with van der Waals surface area (Å²) in [5.74, 6) is 1.61. The van der Waals surface area contributed by atoms with E-state index in [0.717, 1.165) is 25.2 Å². The van der Waals surface area contributed by atoms with Gasteiger partial charge in [0.25, 0.3) is 0 Å². The fourth-order valence-electron chi connectivity index (χ4n) is 2.53. The van der Waals surface area contributed by atoms with Gasteiger partial charge in [-0.25, -0.2) is 4.98 Å². The minimum absolute atomic E-state index is 0.415. The van der Waals surface area contributed by atoms with Gasteiger partial charge in [0, 0.05) is 31.9 Å². The average molecular weight is 271 g/mol. The summed E-state index contributed by atoms with van der Waals surface area (Å²) in [6, 6.07) is 11.1. The summed E-state index contributed by atoms with van der Waals surface area (Å²) in [5.41, 5.74) is 1.38. The van der Waals surface area contributed by atoms with Crippen LogP contribution in [0, 0.1) is 0 Å². The van der Waals surface area contributed by atoms with Gasteiger partial charge in [-0.2, -0.15) is 0 Å². The van der Waals surface area contributed by atoms with Crippen LogP contribution in [0.1, 0.15) is 37.6 Å². The number of imidazole rings is 1. The number of benzene rings is 1. The lowest BCUT2D eigenvalue weighted by Crippen LogP contribution is -2.37. The molecular weight excluding hydrogens is 246 g/mol. The van der Waals surface area contributed by atoms with Gasteiger partial charge in [-0.1, -0.05) is 44.2 Å². The van der Waals surface area contributed by atoms with Gasteiger partial charge < -0.3 is 9.88 Å². The van der Waals surface area contributed by atoms with Gasteiger partial charge in [-0.3, -0.25) is 0 Å². The van der Waals surface area contributed by atoms with Crippen molar-refractivity contribution in [3.8, 4) is 0 Å². The number of hydrogen-bond donors (Lipinski definition) is 1. The molecule has 0 fully saturated rings. The second-order valence-electron chi connectivity index (χ2n) is 5.42. The topological polar surface area (TPSA) is 29.9 Å². The van der Waals surface area contributed by atoms with Crippen LogP contribution in [0.3, 0.4) is 0 Å². The Labute approximate surface area is 122 Å². The molecule has 0 bridgehead atoms. The summed E-state index contributed by atoms with van der Waals surface area (Å²) in [4.78, 5) is 4.46. The third-order valence-electron chi connectivity index (χ3n) is 3.91. The van der Waals surface area contributed by atoms with Crippen molar-refractivity contribution in [2.45, 2.75) is 38.6 Å². The van der Waals surface area contributed by atoms with Gasteiger partial charge >= 0.3 is 0 Å². The van der Waals surface area contributed by atoms with E-state index in [0.29, 0.717) is 12.0 Å². The van der Waals surface area contributed by atoms with E-state index in [9.17, 15) is 0 Å². The summed E-state index contributed by atoms with van der Waals surface area (Å²) in [7, 11) is 2.06. The number of nitrogens with one attached hydrogen (secondary N) is 1. The Kier molecular flexibility index (Phi) is 5.36. The van der Waals surface area contributed by atoms with Crippen LogP contribution >= 0.6 is 0 Å². The molecule has 1 N–H and O–H groups in total. The van der Waals surface area contributed by atoms with E-state index in [1.54, 1.807) is 0 Å². The second-order valence-corrected chi connectivity index (χ2v) is 5.42. The van der Waals surface area contributed by atoms with E-state index in [2.05, 4.69) is 66.1 Å². The first-order valence-electron chi connectivity index (χ1n) is 7.47. The molecule has 3 nitrogen and oxygen atoms in total. The third-order valence-corrected chi connectivity index (χ3v) is 3.91. The maximum absolute atomic E-state index is 4.46. The minimum atomic E-state index is 0.415. The number of rotatable bonds is 7. The first-order valence-corrected chi connectivity index (χ1v) is 7.47.